The fourth-order valence-corrected chi connectivity index (χ4v) is 1.18. The third kappa shape index (κ3) is 4.53. The van der Waals surface area contributed by atoms with Gasteiger partial charge < -0.3 is 21.7 Å². The van der Waals surface area contributed by atoms with E-state index < -0.39 is 0 Å². The van der Waals surface area contributed by atoms with Crippen molar-refractivity contribution in [3.8, 4) is 0 Å². The number of hydrogen-bond acceptors (Lipinski definition) is 3. The molecule has 0 unspecified atom stereocenters. The highest BCUT2D eigenvalue weighted by molar-refractivity contribution is 5.93. The zero-order chi connectivity index (χ0) is 11.3. The van der Waals surface area contributed by atoms with Gasteiger partial charge >= 0.3 is 5.97 Å². The van der Waals surface area contributed by atoms with Gasteiger partial charge in [-0.1, -0.05) is 0 Å². The summed E-state index contributed by atoms with van der Waals surface area (Å²) in [7, 11) is 0. The van der Waals surface area contributed by atoms with Crippen LogP contribution < -0.4 is 21.5 Å². The summed E-state index contributed by atoms with van der Waals surface area (Å²) in [5.74, 6) is -0.323. The highest BCUT2D eigenvalue weighted by Gasteiger charge is 2.11. The highest BCUT2D eigenvalue weighted by Crippen LogP contribution is 1.95. The number of esters is 1. The van der Waals surface area contributed by atoms with Gasteiger partial charge in [-0.05, 0) is 19.9 Å². The number of nitrogens with zero attached hydrogens (tertiary/aromatic N) is 1. The molecule has 4 nitrogen and oxygen atoms in total. The zero-order valence-electron chi connectivity index (χ0n) is 9.27. The molecule has 88 valence electrons. The topological polar surface area (TPSA) is 47.2 Å². The van der Waals surface area contributed by atoms with Crippen LogP contribution in [0.5, 0.6) is 0 Å². The fourth-order valence-electron chi connectivity index (χ4n) is 1.18. The Labute approximate surface area is 105 Å². The van der Waals surface area contributed by atoms with E-state index in [2.05, 4.69) is 0 Å². The molecule has 0 saturated heterocycles. The van der Waals surface area contributed by atoms with Gasteiger partial charge in [-0.15, -0.1) is 0 Å². The Hall–Kier alpha value is -1.23. The Balaban J connectivity index is 0.00000225. The van der Waals surface area contributed by atoms with E-state index in [4.69, 9.17) is 4.74 Å². The average Bonchev–Trinajstić information content (AvgIpc) is 2.18. The van der Waals surface area contributed by atoms with E-state index in [1.165, 1.54) is 6.92 Å². The predicted molar refractivity (Wildman–Crippen MR) is 53.3 cm³/mol. The van der Waals surface area contributed by atoms with Crippen LogP contribution in [0.3, 0.4) is 0 Å². The summed E-state index contributed by atoms with van der Waals surface area (Å²) in [6.07, 6.45) is 3.36. The van der Waals surface area contributed by atoms with Crippen molar-refractivity contribution < 1.29 is 35.9 Å². The number of hydrogen-bond donors (Lipinski definition) is 0. The number of pyridine rings is 1. The Morgan fingerprint density at radius 2 is 2.12 bits per heavy atom. The maximum atomic E-state index is 11.2. The second-order valence-electron chi connectivity index (χ2n) is 3.13. The maximum Gasteiger partial charge on any atom is 0.372 e. The molecule has 5 heteroatoms. The third-order valence-electron chi connectivity index (χ3n) is 1.88. The lowest BCUT2D eigenvalue weighted by Crippen LogP contribution is -3.00. The number of ether oxygens (including phenoxy) is 1. The van der Waals surface area contributed by atoms with Crippen molar-refractivity contribution in [2.24, 2.45) is 0 Å². The van der Waals surface area contributed by atoms with Gasteiger partial charge in [0, 0.05) is 6.07 Å². The molecule has 0 aliphatic carbocycles. The molecule has 0 aliphatic heterocycles. The van der Waals surface area contributed by atoms with Crippen molar-refractivity contribution in [1.82, 2.24) is 0 Å². The Bertz CT molecular complexity index is 379. The van der Waals surface area contributed by atoms with Crippen LogP contribution in [0.15, 0.2) is 24.5 Å². The molecule has 1 aromatic rings. The molecule has 0 N–H and O–H groups in total. The predicted octanol–water partition coefficient (Wildman–Crippen LogP) is -2.26. The van der Waals surface area contributed by atoms with Crippen molar-refractivity contribution >= 4 is 11.8 Å². The summed E-state index contributed by atoms with van der Waals surface area (Å²) >= 11 is 0. The number of Topliss-reactive ketones (excluding diaryl/α,β-unsaturated/α-hetero) is 1. The van der Waals surface area contributed by atoms with E-state index in [9.17, 15) is 9.59 Å². The van der Waals surface area contributed by atoms with E-state index in [0.717, 1.165) is 0 Å². The molecule has 1 heterocycles. The van der Waals surface area contributed by atoms with Gasteiger partial charge in [0.15, 0.2) is 18.2 Å². The molecule has 0 saturated carbocycles. The third-order valence-corrected chi connectivity index (χ3v) is 1.88. The molecule has 16 heavy (non-hydrogen) atoms. The van der Waals surface area contributed by atoms with Crippen LogP contribution in [0.1, 0.15) is 24.2 Å². The molecular weight excluding hydrogens is 274 g/mol. The maximum absolute atomic E-state index is 11.2. The van der Waals surface area contributed by atoms with E-state index in [0.29, 0.717) is 12.2 Å². The lowest BCUT2D eigenvalue weighted by Gasteiger charge is -1.99. The van der Waals surface area contributed by atoms with E-state index in [1.54, 1.807) is 36.0 Å². The van der Waals surface area contributed by atoms with Crippen LogP contribution in [0.2, 0.25) is 0 Å². The Kier molecular flexibility index (Phi) is 6.56. The standard InChI is InChI=1S/C11H14NO3.BrH/c1-3-15-11(14)8-12-6-4-5-10(7-12)9(2)13;/h4-7H,3,8H2,1-2H3;1H/q+1;/p-1. The number of ketones is 1. The van der Waals surface area contributed by atoms with Crippen molar-refractivity contribution in [2.45, 2.75) is 20.4 Å². The molecule has 0 fully saturated rings. The highest BCUT2D eigenvalue weighted by atomic mass is 79.9. The lowest BCUT2D eigenvalue weighted by atomic mass is 10.2. The van der Waals surface area contributed by atoms with Gasteiger partial charge in [0.1, 0.15) is 0 Å². The smallest absolute Gasteiger partial charge is 0.372 e. The summed E-state index contributed by atoms with van der Waals surface area (Å²) in [6, 6.07) is 3.44. The average molecular weight is 288 g/mol. The minimum atomic E-state index is -0.303. The Morgan fingerprint density at radius 3 is 2.69 bits per heavy atom. The van der Waals surface area contributed by atoms with Gasteiger partial charge in [0.2, 0.25) is 6.54 Å². The summed E-state index contributed by atoms with van der Waals surface area (Å²) in [5.41, 5.74) is 0.585. The number of carbonyl (C=O) groups is 2. The van der Waals surface area contributed by atoms with Gasteiger partial charge in [0.05, 0.1) is 12.2 Å². The van der Waals surface area contributed by atoms with Gasteiger partial charge in [0.25, 0.3) is 0 Å². The second kappa shape index (κ2) is 7.11. The number of rotatable bonds is 4. The minimum absolute atomic E-state index is 0. The molecule has 0 aliphatic rings. The second-order valence-corrected chi connectivity index (χ2v) is 3.13. The van der Waals surface area contributed by atoms with Crippen LogP contribution in [0.4, 0.5) is 0 Å². The monoisotopic (exact) mass is 287 g/mol. The van der Waals surface area contributed by atoms with E-state index in [-0.39, 0.29) is 35.3 Å². The molecule has 1 rings (SSSR count). The molecule has 0 radical (unpaired) electrons. The summed E-state index contributed by atoms with van der Waals surface area (Å²) in [6.45, 7) is 3.75. The first-order valence-electron chi connectivity index (χ1n) is 4.79. The molecule has 0 atom stereocenters. The largest absolute Gasteiger partial charge is 1.00 e. The zero-order valence-corrected chi connectivity index (χ0v) is 10.9. The first-order valence-corrected chi connectivity index (χ1v) is 4.79. The normalized spacial score (nSPS) is 9.12. The van der Waals surface area contributed by atoms with Gasteiger partial charge in [-0.3, -0.25) is 4.79 Å². The molecule has 0 amide bonds. The summed E-state index contributed by atoms with van der Waals surface area (Å²) in [4.78, 5) is 22.2. The minimum Gasteiger partial charge on any atom is -1.00 e. The molecule has 0 spiro atoms. The van der Waals surface area contributed by atoms with Crippen molar-refractivity contribution in [3.63, 3.8) is 0 Å². The van der Waals surface area contributed by atoms with Crippen LogP contribution in [-0.2, 0) is 16.1 Å². The van der Waals surface area contributed by atoms with Gasteiger partial charge in [-0.2, -0.15) is 4.57 Å². The lowest BCUT2D eigenvalue weighted by molar-refractivity contribution is -0.686. The number of carbonyl (C=O) groups excluding carboxylic acids is 2. The van der Waals surface area contributed by atoms with Crippen molar-refractivity contribution in [1.29, 1.82) is 0 Å². The Morgan fingerprint density at radius 1 is 1.44 bits per heavy atom. The van der Waals surface area contributed by atoms with Gasteiger partial charge in [-0.25, -0.2) is 4.79 Å². The van der Waals surface area contributed by atoms with Crippen LogP contribution in [-0.4, -0.2) is 18.4 Å². The molecule has 0 bridgehead atoms. The first kappa shape index (κ1) is 14.8. The number of aromatic nitrogens is 1. The fraction of sp³-hybridized carbons (Fsp3) is 0.364. The molecular formula is C11H14BrNO3. The van der Waals surface area contributed by atoms with E-state index >= 15 is 0 Å². The van der Waals surface area contributed by atoms with Crippen molar-refractivity contribution in [3.05, 3.63) is 30.1 Å². The SMILES string of the molecule is CCOC(=O)C[n+]1cccc(C(C)=O)c1.[Br-]. The number of halogens is 1. The van der Waals surface area contributed by atoms with E-state index in [1.807, 2.05) is 0 Å². The first-order chi connectivity index (χ1) is 7.13. The molecule has 0 aromatic carbocycles. The molecule has 1 aromatic heterocycles. The summed E-state index contributed by atoms with van der Waals surface area (Å²) < 4.78 is 6.44. The summed E-state index contributed by atoms with van der Waals surface area (Å²) in [5, 5.41) is 0. The van der Waals surface area contributed by atoms with Crippen molar-refractivity contribution in [2.75, 3.05) is 6.61 Å². The van der Waals surface area contributed by atoms with Crippen LogP contribution in [0, 0.1) is 0 Å². The van der Waals surface area contributed by atoms with Crippen LogP contribution in [0.25, 0.3) is 0 Å². The quantitative estimate of drug-likeness (QED) is 0.357. The van der Waals surface area contributed by atoms with Crippen LogP contribution >= 0.6 is 0 Å².